The second kappa shape index (κ2) is 13.6. The fraction of sp³-hybridized carbons (Fsp3) is 0.448. The number of hydrogen-bond acceptors (Lipinski definition) is 6. The van der Waals surface area contributed by atoms with Crippen LogP contribution in [0.5, 0.6) is 17.2 Å². The lowest BCUT2D eigenvalue weighted by Crippen LogP contribution is -2.16. The molecular formula is C29H36O6. The standard InChI is InChI=1S/C29H36O6/c1-4-5-6-7-8-9-10-14-20-32-27-26(35-28(30)22-16-12-11-13-17-22)25-23(33-21(2)3)18-15-19-24(25)34-29(27)31/h11-13,15-19,21H,4-10,14,20H2,1-3H3. The van der Waals surface area contributed by atoms with Crippen LogP contribution in [-0.4, -0.2) is 18.7 Å². The third-order valence-corrected chi connectivity index (χ3v) is 5.62. The molecule has 6 nitrogen and oxygen atoms in total. The predicted octanol–water partition coefficient (Wildman–Crippen LogP) is 7.32. The Labute approximate surface area is 207 Å². The van der Waals surface area contributed by atoms with Gasteiger partial charge in [-0.2, -0.15) is 0 Å². The Morgan fingerprint density at radius 1 is 0.857 bits per heavy atom. The molecule has 0 bridgehead atoms. The quantitative estimate of drug-likeness (QED) is 0.137. The van der Waals surface area contributed by atoms with Crippen molar-refractivity contribution in [2.75, 3.05) is 6.61 Å². The first-order valence-electron chi connectivity index (χ1n) is 12.7. The first-order valence-corrected chi connectivity index (χ1v) is 12.7. The van der Waals surface area contributed by atoms with Gasteiger partial charge in [0.05, 0.1) is 18.3 Å². The van der Waals surface area contributed by atoms with Gasteiger partial charge in [-0.25, -0.2) is 9.59 Å². The molecule has 0 amide bonds. The molecule has 35 heavy (non-hydrogen) atoms. The summed E-state index contributed by atoms with van der Waals surface area (Å²) < 4.78 is 23.1. The summed E-state index contributed by atoms with van der Waals surface area (Å²) in [4.78, 5) is 25.8. The lowest BCUT2D eigenvalue weighted by Gasteiger charge is -2.16. The van der Waals surface area contributed by atoms with E-state index in [1.165, 1.54) is 32.1 Å². The number of fused-ring (bicyclic) bond motifs is 1. The maximum Gasteiger partial charge on any atom is 0.383 e. The van der Waals surface area contributed by atoms with E-state index in [9.17, 15) is 9.59 Å². The number of esters is 1. The smallest absolute Gasteiger partial charge is 0.383 e. The maximum atomic E-state index is 12.9. The van der Waals surface area contributed by atoms with Crippen LogP contribution in [0.4, 0.5) is 0 Å². The summed E-state index contributed by atoms with van der Waals surface area (Å²) in [6, 6.07) is 13.8. The van der Waals surface area contributed by atoms with Crippen molar-refractivity contribution in [1.29, 1.82) is 0 Å². The molecule has 0 spiro atoms. The Bertz CT molecular complexity index is 1130. The van der Waals surface area contributed by atoms with Gasteiger partial charge in [-0.1, -0.05) is 76.1 Å². The van der Waals surface area contributed by atoms with Gasteiger partial charge in [0, 0.05) is 0 Å². The van der Waals surface area contributed by atoms with Gasteiger partial charge in [0.2, 0.25) is 5.75 Å². The molecule has 0 fully saturated rings. The Morgan fingerprint density at radius 2 is 1.54 bits per heavy atom. The van der Waals surface area contributed by atoms with Gasteiger partial charge < -0.3 is 18.6 Å². The van der Waals surface area contributed by atoms with Crippen LogP contribution in [0.25, 0.3) is 11.0 Å². The van der Waals surface area contributed by atoms with Crippen LogP contribution in [0.3, 0.4) is 0 Å². The van der Waals surface area contributed by atoms with E-state index < -0.39 is 11.6 Å². The summed E-state index contributed by atoms with van der Waals surface area (Å²) in [5, 5.41) is 0.399. The maximum absolute atomic E-state index is 12.9. The highest BCUT2D eigenvalue weighted by atomic mass is 16.6. The summed E-state index contributed by atoms with van der Waals surface area (Å²) in [6.45, 7) is 6.33. The number of unbranched alkanes of at least 4 members (excludes halogenated alkanes) is 7. The molecule has 1 heterocycles. The van der Waals surface area contributed by atoms with E-state index in [1.807, 2.05) is 19.9 Å². The minimum atomic E-state index is -0.686. The highest BCUT2D eigenvalue weighted by Gasteiger charge is 2.24. The van der Waals surface area contributed by atoms with Gasteiger partial charge >= 0.3 is 11.6 Å². The second-order valence-corrected chi connectivity index (χ2v) is 8.92. The molecule has 0 saturated heterocycles. The van der Waals surface area contributed by atoms with Crippen LogP contribution in [0.15, 0.2) is 57.7 Å². The zero-order valence-electron chi connectivity index (χ0n) is 21.0. The monoisotopic (exact) mass is 480 g/mol. The Kier molecular flexibility index (Phi) is 10.2. The molecule has 0 radical (unpaired) electrons. The molecule has 0 aliphatic rings. The van der Waals surface area contributed by atoms with Gasteiger partial charge in [-0.3, -0.25) is 0 Å². The Balaban J connectivity index is 1.84. The molecule has 6 heteroatoms. The van der Waals surface area contributed by atoms with Crippen molar-refractivity contribution in [2.45, 2.75) is 78.2 Å². The van der Waals surface area contributed by atoms with E-state index in [2.05, 4.69) is 6.92 Å². The normalized spacial score (nSPS) is 11.1. The van der Waals surface area contributed by atoms with Gasteiger partial charge in [0.25, 0.3) is 0 Å². The van der Waals surface area contributed by atoms with Crippen LogP contribution in [0.2, 0.25) is 0 Å². The van der Waals surface area contributed by atoms with E-state index in [-0.39, 0.29) is 23.2 Å². The summed E-state index contributed by atoms with van der Waals surface area (Å²) in [7, 11) is 0. The summed E-state index contributed by atoms with van der Waals surface area (Å²) >= 11 is 0. The lowest BCUT2D eigenvalue weighted by molar-refractivity contribution is 0.0729. The zero-order chi connectivity index (χ0) is 25.0. The number of ether oxygens (including phenoxy) is 3. The average Bonchev–Trinajstić information content (AvgIpc) is 2.84. The van der Waals surface area contributed by atoms with Crippen LogP contribution < -0.4 is 19.8 Å². The average molecular weight is 481 g/mol. The van der Waals surface area contributed by atoms with Crippen LogP contribution in [0, 0.1) is 0 Å². The highest BCUT2D eigenvalue weighted by molar-refractivity contribution is 5.97. The Morgan fingerprint density at radius 3 is 2.23 bits per heavy atom. The second-order valence-electron chi connectivity index (χ2n) is 8.92. The van der Waals surface area contributed by atoms with E-state index in [0.29, 0.717) is 23.3 Å². The van der Waals surface area contributed by atoms with Crippen molar-refractivity contribution in [3.05, 3.63) is 64.5 Å². The Hall–Kier alpha value is -3.28. The van der Waals surface area contributed by atoms with E-state index in [4.69, 9.17) is 18.6 Å². The van der Waals surface area contributed by atoms with E-state index in [1.54, 1.807) is 42.5 Å². The van der Waals surface area contributed by atoms with Crippen LogP contribution in [-0.2, 0) is 0 Å². The minimum absolute atomic E-state index is 0.0286. The van der Waals surface area contributed by atoms with Crippen LogP contribution >= 0.6 is 0 Å². The van der Waals surface area contributed by atoms with Crippen molar-refractivity contribution in [2.24, 2.45) is 0 Å². The number of benzene rings is 2. The number of carbonyl (C=O) groups is 1. The summed E-state index contributed by atoms with van der Waals surface area (Å²) in [6.07, 6.45) is 9.05. The molecule has 0 aliphatic heterocycles. The fourth-order valence-corrected chi connectivity index (χ4v) is 3.88. The zero-order valence-corrected chi connectivity index (χ0v) is 21.0. The minimum Gasteiger partial charge on any atom is -0.490 e. The van der Waals surface area contributed by atoms with Gasteiger partial charge in [0.15, 0.2) is 5.75 Å². The van der Waals surface area contributed by atoms with Gasteiger partial charge in [0.1, 0.15) is 16.7 Å². The first kappa shape index (κ1) is 26.3. The lowest BCUT2D eigenvalue weighted by atomic mass is 10.1. The van der Waals surface area contributed by atoms with Crippen molar-refractivity contribution in [3.8, 4) is 17.2 Å². The molecule has 0 unspecified atom stereocenters. The molecular weight excluding hydrogens is 444 g/mol. The summed E-state index contributed by atoms with van der Waals surface area (Å²) in [5.41, 5.74) is -0.0526. The molecule has 2 aromatic carbocycles. The third kappa shape index (κ3) is 7.61. The predicted molar refractivity (Wildman–Crippen MR) is 138 cm³/mol. The van der Waals surface area contributed by atoms with E-state index >= 15 is 0 Å². The first-order chi connectivity index (χ1) is 17.0. The van der Waals surface area contributed by atoms with Crippen LogP contribution in [0.1, 0.15) is 82.5 Å². The molecule has 0 saturated carbocycles. The SMILES string of the molecule is CCCCCCCCCCOc1c(OC(=O)c2ccccc2)c2c(OC(C)C)cccc2oc1=O. The fourth-order valence-electron chi connectivity index (χ4n) is 3.88. The molecule has 0 aliphatic carbocycles. The number of rotatable bonds is 14. The molecule has 0 atom stereocenters. The molecule has 3 rings (SSSR count). The summed E-state index contributed by atoms with van der Waals surface area (Å²) in [5.74, 6) is -0.215. The molecule has 1 aromatic heterocycles. The number of carbonyl (C=O) groups excluding carboxylic acids is 1. The third-order valence-electron chi connectivity index (χ3n) is 5.62. The highest BCUT2D eigenvalue weighted by Crippen LogP contribution is 2.39. The van der Waals surface area contributed by atoms with Crippen molar-refractivity contribution < 1.29 is 23.4 Å². The van der Waals surface area contributed by atoms with Gasteiger partial charge in [-0.05, 0) is 44.5 Å². The molecule has 0 N–H and O–H groups in total. The molecule has 3 aromatic rings. The van der Waals surface area contributed by atoms with Crippen molar-refractivity contribution in [3.63, 3.8) is 0 Å². The molecule has 188 valence electrons. The topological polar surface area (TPSA) is 75.0 Å². The van der Waals surface area contributed by atoms with Gasteiger partial charge in [-0.15, -0.1) is 0 Å². The number of hydrogen-bond donors (Lipinski definition) is 0. The van der Waals surface area contributed by atoms with E-state index in [0.717, 1.165) is 19.3 Å². The van der Waals surface area contributed by atoms with Crippen molar-refractivity contribution in [1.82, 2.24) is 0 Å². The largest absolute Gasteiger partial charge is 0.490 e. The van der Waals surface area contributed by atoms with Crippen molar-refractivity contribution >= 4 is 16.9 Å².